The fourth-order valence-corrected chi connectivity index (χ4v) is 3.86. The number of hydrogen-bond donors (Lipinski definition) is 0. The average Bonchev–Trinajstić information content (AvgIpc) is 2.90. The van der Waals surface area contributed by atoms with E-state index in [4.69, 9.17) is 0 Å². The molecular formula is C13H16N4O2S. The summed E-state index contributed by atoms with van der Waals surface area (Å²) in [5, 5.41) is 8.35. The van der Waals surface area contributed by atoms with Gasteiger partial charge in [0.25, 0.3) is 0 Å². The molecule has 7 heteroatoms. The van der Waals surface area contributed by atoms with Gasteiger partial charge in [-0.25, -0.2) is 8.42 Å². The average molecular weight is 292 g/mol. The predicted octanol–water partition coefficient (Wildman–Crippen LogP) is 1.19. The van der Waals surface area contributed by atoms with Crippen LogP contribution >= 0.6 is 0 Å². The first-order valence-electron chi connectivity index (χ1n) is 6.57. The van der Waals surface area contributed by atoms with E-state index in [1.807, 2.05) is 31.2 Å². The lowest BCUT2D eigenvalue weighted by atomic mass is 10.1. The topological polar surface area (TPSA) is 68.1 Å². The molecular weight excluding hydrogens is 276 g/mol. The van der Waals surface area contributed by atoms with E-state index in [1.165, 1.54) is 4.31 Å². The predicted molar refractivity (Wildman–Crippen MR) is 75.8 cm³/mol. The number of hydrogen-bond acceptors (Lipinski definition) is 4. The zero-order chi connectivity index (χ0) is 14.2. The summed E-state index contributed by atoms with van der Waals surface area (Å²) >= 11 is 0. The van der Waals surface area contributed by atoms with Crippen molar-refractivity contribution in [3.63, 3.8) is 0 Å². The van der Waals surface area contributed by atoms with Crippen molar-refractivity contribution in [2.75, 3.05) is 10.1 Å². The minimum atomic E-state index is -3.28. The molecule has 1 aromatic carbocycles. The number of aromatic nitrogens is 3. The molecule has 1 aliphatic rings. The Kier molecular flexibility index (Phi) is 3.21. The molecule has 2 heterocycles. The van der Waals surface area contributed by atoms with Gasteiger partial charge in [0.2, 0.25) is 10.0 Å². The molecule has 6 nitrogen and oxygen atoms in total. The van der Waals surface area contributed by atoms with Gasteiger partial charge in [0, 0.05) is 0 Å². The van der Waals surface area contributed by atoms with Crippen molar-refractivity contribution in [2.45, 2.75) is 26.4 Å². The van der Waals surface area contributed by atoms with Gasteiger partial charge in [-0.15, -0.1) is 0 Å². The van der Waals surface area contributed by atoms with Gasteiger partial charge < -0.3 is 0 Å². The summed E-state index contributed by atoms with van der Waals surface area (Å²) in [4.78, 5) is 1.55. The number of fused-ring (bicyclic) bond motifs is 1. The van der Waals surface area contributed by atoms with Gasteiger partial charge in [-0.3, -0.25) is 4.31 Å². The van der Waals surface area contributed by atoms with E-state index in [2.05, 4.69) is 10.2 Å². The van der Waals surface area contributed by atoms with Crippen molar-refractivity contribution in [3.05, 3.63) is 41.7 Å². The van der Waals surface area contributed by atoms with Crippen LogP contribution in [0, 0.1) is 0 Å². The molecule has 0 spiro atoms. The monoisotopic (exact) mass is 292 g/mol. The molecule has 0 radical (unpaired) electrons. The molecule has 0 bridgehead atoms. The highest BCUT2D eigenvalue weighted by molar-refractivity contribution is 7.92. The van der Waals surface area contributed by atoms with Gasteiger partial charge in [-0.1, -0.05) is 18.2 Å². The maximum atomic E-state index is 12.3. The quantitative estimate of drug-likeness (QED) is 0.852. The van der Waals surface area contributed by atoms with Crippen LogP contribution in [0.3, 0.4) is 0 Å². The summed E-state index contributed by atoms with van der Waals surface area (Å²) in [6.45, 7) is 2.85. The van der Waals surface area contributed by atoms with Gasteiger partial charge >= 0.3 is 0 Å². The largest absolute Gasteiger partial charge is 0.264 e. The molecule has 2 aromatic rings. The Morgan fingerprint density at radius 1 is 1.30 bits per heavy atom. The van der Waals surface area contributed by atoms with Gasteiger partial charge in [0.1, 0.15) is 5.69 Å². The second kappa shape index (κ2) is 4.90. The number of sulfonamides is 1. The SMILES string of the molecule is CCn1ncc(CN2c3ccccc3CCS2(=O)=O)n1. The number of rotatable bonds is 3. The van der Waals surface area contributed by atoms with E-state index >= 15 is 0 Å². The summed E-state index contributed by atoms with van der Waals surface area (Å²) in [6.07, 6.45) is 2.19. The third-order valence-corrected chi connectivity index (χ3v) is 5.12. The molecule has 0 fully saturated rings. The molecule has 3 rings (SSSR count). The fraction of sp³-hybridized carbons (Fsp3) is 0.385. The molecule has 1 aliphatic heterocycles. The van der Waals surface area contributed by atoms with Crippen LogP contribution in [0.2, 0.25) is 0 Å². The van der Waals surface area contributed by atoms with Crippen molar-refractivity contribution in [2.24, 2.45) is 0 Å². The van der Waals surface area contributed by atoms with E-state index in [0.29, 0.717) is 18.7 Å². The Balaban J connectivity index is 1.97. The summed E-state index contributed by atoms with van der Waals surface area (Å²) in [5.41, 5.74) is 2.47. The van der Waals surface area contributed by atoms with Crippen molar-refractivity contribution >= 4 is 15.7 Å². The summed E-state index contributed by atoms with van der Waals surface area (Å²) < 4.78 is 26.0. The third kappa shape index (κ3) is 2.29. The normalized spacial score (nSPS) is 16.9. The minimum Gasteiger partial charge on any atom is -0.264 e. The summed E-state index contributed by atoms with van der Waals surface area (Å²) in [5.74, 6) is 0.145. The highest BCUT2D eigenvalue weighted by atomic mass is 32.2. The fourth-order valence-electron chi connectivity index (χ4n) is 2.35. The van der Waals surface area contributed by atoms with E-state index < -0.39 is 10.0 Å². The Morgan fingerprint density at radius 3 is 2.85 bits per heavy atom. The standard InChI is InChI=1S/C13H16N4O2S/c1-2-17-14-9-12(15-17)10-16-13-6-4-3-5-11(13)7-8-20(16,18)19/h3-6,9H,2,7-8,10H2,1H3. The lowest BCUT2D eigenvalue weighted by molar-refractivity contribution is 0.561. The molecule has 20 heavy (non-hydrogen) atoms. The van der Waals surface area contributed by atoms with Crippen molar-refractivity contribution in [1.82, 2.24) is 15.0 Å². The maximum absolute atomic E-state index is 12.3. The third-order valence-electron chi connectivity index (χ3n) is 3.40. The zero-order valence-electron chi connectivity index (χ0n) is 11.2. The van der Waals surface area contributed by atoms with Crippen LogP contribution in [0.4, 0.5) is 5.69 Å². The van der Waals surface area contributed by atoms with Crippen molar-refractivity contribution in [1.29, 1.82) is 0 Å². The van der Waals surface area contributed by atoms with E-state index in [9.17, 15) is 8.42 Å². The second-order valence-corrected chi connectivity index (χ2v) is 6.74. The van der Waals surface area contributed by atoms with Crippen LogP contribution in [0.25, 0.3) is 0 Å². The molecule has 0 saturated heterocycles. The number of anilines is 1. The smallest absolute Gasteiger partial charge is 0.235 e. The highest BCUT2D eigenvalue weighted by Crippen LogP contribution is 2.30. The van der Waals surface area contributed by atoms with E-state index in [1.54, 1.807) is 11.0 Å². The first kappa shape index (κ1) is 13.1. The molecule has 0 amide bonds. The summed E-state index contributed by atoms with van der Waals surface area (Å²) in [6, 6.07) is 7.61. The molecule has 0 aliphatic carbocycles. The maximum Gasteiger partial charge on any atom is 0.235 e. The second-order valence-electron chi connectivity index (χ2n) is 4.73. The van der Waals surface area contributed by atoms with Gasteiger partial charge in [-0.2, -0.15) is 15.0 Å². The molecule has 0 unspecified atom stereocenters. The van der Waals surface area contributed by atoms with Crippen molar-refractivity contribution < 1.29 is 8.42 Å². The lowest BCUT2D eigenvalue weighted by Gasteiger charge is -2.29. The van der Waals surface area contributed by atoms with Gasteiger partial charge in [-0.05, 0) is 25.0 Å². The first-order chi connectivity index (χ1) is 9.60. The lowest BCUT2D eigenvalue weighted by Crippen LogP contribution is -2.37. The van der Waals surface area contributed by atoms with Crippen LogP contribution in [-0.4, -0.2) is 29.2 Å². The minimum absolute atomic E-state index is 0.145. The summed E-state index contributed by atoms with van der Waals surface area (Å²) in [7, 11) is -3.28. The molecule has 0 N–H and O–H groups in total. The number of aryl methyl sites for hydroxylation is 2. The Bertz CT molecular complexity index is 723. The molecule has 0 saturated carbocycles. The first-order valence-corrected chi connectivity index (χ1v) is 8.18. The van der Waals surface area contributed by atoms with Crippen LogP contribution in [0.5, 0.6) is 0 Å². The molecule has 0 atom stereocenters. The molecule has 1 aromatic heterocycles. The van der Waals surface area contributed by atoms with Crippen molar-refractivity contribution in [3.8, 4) is 0 Å². The van der Waals surface area contributed by atoms with E-state index in [0.717, 1.165) is 11.3 Å². The van der Waals surface area contributed by atoms with E-state index in [-0.39, 0.29) is 12.3 Å². The van der Waals surface area contributed by atoms with Gasteiger partial charge in [0.05, 0.1) is 30.7 Å². The van der Waals surface area contributed by atoms with Crippen LogP contribution in [0.1, 0.15) is 18.2 Å². The Labute approximate surface area is 118 Å². The zero-order valence-corrected chi connectivity index (χ0v) is 12.0. The Hall–Kier alpha value is -1.89. The number of para-hydroxylation sites is 1. The van der Waals surface area contributed by atoms with Crippen LogP contribution < -0.4 is 4.31 Å². The number of nitrogens with zero attached hydrogens (tertiary/aromatic N) is 4. The highest BCUT2D eigenvalue weighted by Gasteiger charge is 2.29. The van der Waals surface area contributed by atoms with Gasteiger partial charge in [0.15, 0.2) is 0 Å². The Morgan fingerprint density at radius 2 is 2.10 bits per heavy atom. The molecule has 106 valence electrons. The van der Waals surface area contributed by atoms with Crippen LogP contribution in [-0.2, 0) is 29.5 Å². The van der Waals surface area contributed by atoms with Crippen LogP contribution in [0.15, 0.2) is 30.5 Å². The number of benzene rings is 1.